The molecule has 2 N–H and O–H groups in total. The van der Waals surface area contributed by atoms with Crippen molar-refractivity contribution in [3.05, 3.63) is 59.2 Å². The van der Waals surface area contributed by atoms with Crippen LogP contribution in [0.15, 0.2) is 47.4 Å². The first kappa shape index (κ1) is 19.9. The van der Waals surface area contributed by atoms with Gasteiger partial charge in [-0.15, -0.1) is 0 Å². The van der Waals surface area contributed by atoms with E-state index in [0.29, 0.717) is 12.3 Å². The van der Waals surface area contributed by atoms with Crippen molar-refractivity contribution in [3.8, 4) is 5.75 Å². The van der Waals surface area contributed by atoms with Crippen molar-refractivity contribution in [1.29, 1.82) is 0 Å². The van der Waals surface area contributed by atoms with Crippen LogP contribution in [0.1, 0.15) is 41.3 Å². The van der Waals surface area contributed by atoms with E-state index >= 15 is 0 Å². The zero-order chi connectivity index (χ0) is 19.3. The van der Waals surface area contributed by atoms with Gasteiger partial charge in [0.05, 0.1) is 12.7 Å². The molecule has 0 bridgehead atoms. The fraction of sp³-hybridized carbons (Fsp3) is 0.316. The monoisotopic (exact) mass is 377 g/mol. The topological polar surface area (TPSA) is 92.7 Å². The molecule has 0 aliphatic heterocycles. The van der Waals surface area contributed by atoms with Crippen molar-refractivity contribution in [2.24, 2.45) is 0 Å². The van der Waals surface area contributed by atoms with Gasteiger partial charge in [-0.2, -0.15) is 0 Å². The molecule has 0 aliphatic carbocycles. The second-order valence-electron chi connectivity index (χ2n) is 6.21. The summed E-state index contributed by atoms with van der Waals surface area (Å²) in [7, 11) is -2.55. The van der Waals surface area contributed by atoms with Gasteiger partial charge in [-0.1, -0.05) is 38.1 Å². The maximum absolute atomic E-state index is 12.5. The van der Waals surface area contributed by atoms with Crippen LogP contribution < -0.4 is 9.46 Å². The van der Waals surface area contributed by atoms with E-state index in [9.17, 15) is 13.2 Å². The van der Waals surface area contributed by atoms with E-state index in [4.69, 9.17) is 9.84 Å². The number of nitrogens with one attached hydrogen (secondary N) is 1. The fourth-order valence-corrected chi connectivity index (χ4v) is 3.72. The number of methoxy groups -OCH3 is 1. The van der Waals surface area contributed by atoms with Gasteiger partial charge in [0.15, 0.2) is 0 Å². The summed E-state index contributed by atoms with van der Waals surface area (Å²) in [5.41, 5.74) is 2.13. The Labute approximate surface area is 153 Å². The molecule has 0 aromatic heterocycles. The number of carbonyl (C=O) groups is 1. The average Bonchev–Trinajstić information content (AvgIpc) is 2.61. The lowest BCUT2D eigenvalue weighted by Gasteiger charge is -2.12. The van der Waals surface area contributed by atoms with Crippen molar-refractivity contribution in [2.75, 3.05) is 13.7 Å². The number of sulfonamides is 1. The van der Waals surface area contributed by atoms with Gasteiger partial charge in [0, 0.05) is 6.54 Å². The van der Waals surface area contributed by atoms with E-state index in [1.165, 1.54) is 24.8 Å². The summed E-state index contributed by atoms with van der Waals surface area (Å²) in [6, 6.07) is 11.8. The molecule has 0 radical (unpaired) electrons. The van der Waals surface area contributed by atoms with Crippen LogP contribution in [0.4, 0.5) is 0 Å². The number of hydrogen-bond donors (Lipinski definition) is 2. The summed E-state index contributed by atoms with van der Waals surface area (Å²) in [5, 5.41) is 9.07. The molecule has 26 heavy (non-hydrogen) atoms. The summed E-state index contributed by atoms with van der Waals surface area (Å²) < 4.78 is 32.6. The highest BCUT2D eigenvalue weighted by Crippen LogP contribution is 2.25. The SMILES string of the molecule is COc1ccc(C(=O)O)cc1S(=O)(=O)NCCc1ccc(C(C)C)cc1. The zero-order valence-corrected chi connectivity index (χ0v) is 15.8. The molecule has 0 spiro atoms. The fourth-order valence-electron chi connectivity index (χ4n) is 2.50. The van der Waals surface area contributed by atoms with Crippen LogP contribution >= 0.6 is 0 Å². The van der Waals surface area contributed by atoms with Crippen molar-refractivity contribution in [2.45, 2.75) is 31.1 Å². The summed E-state index contributed by atoms with van der Waals surface area (Å²) in [6.45, 7) is 4.42. The van der Waals surface area contributed by atoms with Gasteiger partial charge in [-0.25, -0.2) is 17.9 Å². The molecular weight excluding hydrogens is 354 g/mol. The van der Waals surface area contributed by atoms with Crippen LogP contribution in [0.2, 0.25) is 0 Å². The number of carboxylic acids is 1. The van der Waals surface area contributed by atoms with Crippen LogP contribution in [0.25, 0.3) is 0 Å². The largest absolute Gasteiger partial charge is 0.495 e. The van der Waals surface area contributed by atoms with Crippen LogP contribution in [-0.4, -0.2) is 33.1 Å². The number of aromatic carboxylic acids is 1. The van der Waals surface area contributed by atoms with Crippen LogP contribution in [0.5, 0.6) is 5.75 Å². The Balaban J connectivity index is 2.11. The number of rotatable bonds is 8. The molecule has 2 rings (SSSR count). The van der Waals surface area contributed by atoms with Crippen molar-refractivity contribution in [3.63, 3.8) is 0 Å². The first-order valence-corrected chi connectivity index (χ1v) is 9.72. The first-order chi connectivity index (χ1) is 12.2. The molecule has 0 saturated heterocycles. The molecule has 0 amide bonds. The lowest BCUT2D eigenvalue weighted by Crippen LogP contribution is -2.26. The summed E-state index contributed by atoms with van der Waals surface area (Å²) >= 11 is 0. The quantitative estimate of drug-likeness (QED) is 0.738. The van der Waals surface area contributed by atoms with Gasteiger partial charge < -0.3 is 9.84 Å². The Morgan fingerprint density at radius 1 is 1.15 bits per heavy atom. The normalized spacial score (nSPS) is 11.5. The minimum Gasteiger partial charge on any atom is -0.495 e. The molecule has 2 aromatic carbocycles. The first-order valence-electron chi connectivity index (χ1n) is 8.24. The second kappa shape index (κ2) is 8.33. The highest BCUT2D eigenvalue weighted by molar-refractivity contribution is 7.89. The molecule has 0 saturated carbocycles. The molecule has 0 unspecified atom stereocenters. The maximum atomic E-state index is 12.5. The predicted molar refractivity (Wildman–Crippen MR) is 99.4 cm³/mol. The Morgan fingerprint density at radius 3 is 2.35 bits per heavy atom. The molecule has 0 aliphatic rings. The van der Waals surface area contributed by atoms with E-state index in [2.05, 4.69) is 18.6 Å². The Hall–Kier alpha value is -2.38. The van der Waals surface area contributed by atoms with Gasteiger partial charge in [0.2, 0.25) is 10.0 Å². The Kier molecular flexibility index (Phi) is 6.39. The van der Waals surface area contributed by atoms with Crippen LogP contribution in [-0.2, 0) is 16.4 Å². The standard InChI is InChI=1S/C19H23NO5S/c1-13(2)15-6-4-14(5-7-15)10-11-20-26(23,24)18-12-16(19(21)22)8-9-17(18)25-3/h4-9,12-13,20H,10-11H2,1-3H3,(H,21,22). The Bertz CT molecular complexity index is 873. The van der Waals surface area contributed by atoms with E-state index in [0.717, 1.165) is 11.6 Å². The average molecular weight is 377 g/mol. The number of carboxylic acid groups (broad SMARTS) is 1. The van der Waals surface area contributed by atoms with Gasteiger partial charge >= 0.3 is 5.97 Å². The van der Waals surface area contributed by atoms with Crippen molar-refractivity contribution in [1.82, 2.24) is 4.72 Å². The molecular formula is C19H23NO5S. The third-order valence-corrected chi connectivity index (χ3v) is 5.53. The van der Waals surface area contributed by atoms with Gasteiger partial charge in [0.25, 0.3) is 0 Å². The molecule has 0 heterocycles. The van der Waals surface area contributed by atoms with Crippen LogP contribution in [0, 0.1) is 0 Å². The minimum absolute atomic E-state index is 0.101. The highest BCUT2D eigenvalue weighted by atomic mass is 32.2. The smallest absolute Gasteiger partial charge is 0.335 e. The number of benzene rings is 2. The van der Waals surface area contributed by atoms with Gasteiger partial charge in [-0.3, -0.25) is 0 Å². The molecule has 2 aromatic rings. The van der Waals surface area contributed by atoms with E-state index < -0.39 is 16.0 Å². The second-order valence-corrected chi connectivity index (χ2v) is 7.95. The lowest BCUT2D eigenvalue weighted by atomic mass is 10.0. The third-order valence-electron chi connectivity index (χ3n) is 4.05. The van der Waals surface area contributed by atoms with E-state index in [1.807, 2.05) is 24.3 Å². The molecule has 7 heteroatoms. The van der Waals surface area contributed by atoms with Crippen molar-refractivity contribution < 1.29 is 23.1 Å². The Morgan fingerprint density at radius 2 is 1.81 bits per heavy atom. The molecule has 140 valence electrons. The summed E-state index contributed by atoms with van der Waals surface area (Å²) in [4.78, 5) is 10.9. The number of hydrogen-bond acceptors (Lipinski definition) is 4. The van der Waals surface area contributed by atoms with Crippen molar-refractivity contribution >= 4 is 16.0 Å². The highest BCUT2D eigenvalue weighted by Gasteiger charge is 2.21. The molecule has 6 nitrogen and oxygen atoms in total. The maximum Gasteiger partial charge on any atom is 0.335 e. The van der Waals surface area contributed by atoms with Crippen LogP contribution in [0.3, 0.4) is 0 Å². The predicted octanol–water partition coefficient (Wildman–Crippen LogP) is 3.04. The number of ether oxygens (including phenoxy) is 1. The molecule has 0 atom stereocenters. The van der Waals surface area contributed by atoms with Gasteiger partial charge in [0.1, 0.15) is 10.6 Å². The van der Waals surface area contributed by atoms with E-state index in [1.54, 1.807) is 0 Å². The summed E-state index contributed by atoms with van der Waals surface area (Å²) in [6.07, 6.45) is 0.526. The lowest BCUT2D eigenvalue weighted by molar-refractivity contribution is 0.0696. The van der Waals surface area contributed by atoms with E-state index in [-0.39, 0.29) is 22.8 Å². The summed E-state index contributed by atoms with van der Waals surface area (Å²) in [5.74, 6) is -0.658. The van der Waals surface area contributed by atoms with Gasteiger partial charge in [-0.05, 0) is 41.7 Å². The molecule has 0 fully saturated rings. The minimum atomic E-state index is -3.89. The zero-order valence-electron chi connectivity index (χ0n) is 15.0. The third kappa shape index (κ3) is 4.83.